The molecule has 192 valence electrons. The van der Waals surface area contributed by atoms with E-state index in [4.69, 9.17) is 25.0 Å². The van der Waals surface area contributed by atoms with Crippen LogP contribution in [0.3, 0.4) is 0 Å². The Morgan fingerprint density at radius 1 is 1.31 bits per heavy atom. The lowest BCUT2D eigenvalue weighted by Crippen LogP contribution is -2.46. The van der Waals surface area contributed by atoms with Crippen LogP contribution in [-0.4, -0.2) is 78.4 Å². The van der Waals surface area contributed by atoms with Crippen molar-refractivity contribution in [3.05, 3.63) is 46.8 Å². The molecule has 10 nitrogen and oxygen atoms in total. The third-order valence-corrected chi connectivity index (χ3v) is 6.96. The van der Waals surface area contributed by atoms with Crippen LogP contribution in [0.25, 0.3) is 16.9 Å². The number of ether oxygens (including phenoxy) is 3. The highest BCUT2D eigenvalue weighted by atomic mass is 31.0. The maximum Gasteiger partial charge on any atom is 0.409 e. The van der Waals surface area contributed by atoms with E-state index in [0.29, 0.717) is 42.7 Å². The number of rotatable bonds is 5. The van der Waals surface area contributed by atoms with Gasteiger partial charge in [-0.1, -0.05) is 0 Å². The molecular formula is C25H32N5O5P. The Balaban J connectivity index is 1.86. The van der Waals surface area contributed by atoms with Gasteiger partial charge >= 0.3 is 6.09 Å². The molecular weight excluding hydrogens is 481 g/mol. The Hall–Kier alpha value is -3.20. The van der Waals surface area contributed by atoms with Gasteiger partial charge in [0.2, 0.25) is 0 Å². The molecule has 1 fully saturated rings. The summed E-state index contributed by atoms with van der Waals surface area (Å²) in [6.07, 6.45) is 1.88. The maximum absolute atomic E-state index is 12.7. The van der Waals surface area contributed by atoms with Gasteiger partial charge in [-0.25, -0.2) is 15.6 Å². The van der Waals surface area contributed by atoms with Crippen LogP contribution in [0.15, 0.2) is 24.4 Å². The van der Waals surface area contributed by atoms with E-state index in [1.165, 1.54) is 14.2 Å². The number of benzene rings is 1. The van der Waals surface area contributed by atoms with Crippen molar-refractivity contribution in [1.82, 2.24) is 19.3 Å². The number of methoxy groups -OCH3 is 2. The monoisotopic (exact) mass is 513 g/mol. The molecule has 0 saturated carbocycles. The Morgan fingerprint density at radius 2 is 2.06 bits per heavy atom. The number of hydrogen-bond donors (Lipinski definition) is 1. The standard InChI is InChI=1S/C25H32N5O5P/c1-14-6-7-30-18(12-16-13-29(8-9-35-16)25(32)34-5)21(27-19(30)10-14)20-15(2)11-17(24(31)28(3)26)23(36)22(20)33-4/h6-7,10-11,16H,8-9,12-13,26,36H2,1-5H3/t16-/m0/s1. The number of fused-ring (bicyclic) bond motifs is 1. The zero-order valence-electron chi connectivity index (χ0n) is 21.2. The number of aryl methyl sites for hydroxylation is 2. The fraction of sp³-hybridized carbons (Fsp3) is 0.400. The minimum absolute atomic E-state index is 0.244. The summed E-state index contributed by atoms with van der Waals surface area (Å²) in [5, 5.41) is 1.65. The van der Waals surface area contributed by atoms with Crippen LogP contribution in [-0.2, 0) is 15.9 Å². The summed E-state index contributed by atoms with van der Waals surface area (Å²) in [7, 11) is 7.06. The zero-order chi connectivity index (χ0) is 26.1. The summed E-state index contributed by atoms with van der Waals surface area (Å²) in [6, 6.07) is 5.84. The maximum atomic E-state index is 12.7. The summed E-state index contributed by atoms with van der Waals surface area (Å²) >= 11 is 0. The number of amides is 2. The second kappa shape index (κ2) is 10.4. The van der Waals surface area contributed by atoms with Crippen molar-refractivity contribution in [2.24, 2.45) is 5.84 Å². The fourth-order valence-corrected chi connectivity index (χ4v) is 5.09. The van der Waals surface area contributed by atoms with Crippen LogP contribution < -0.4 is 15.9 Å². The van der Waals surface area contributed by atoms with E-state index in [0.717, 1.165) is 38.7 Å². The number of nitrogens with two attached hydrogens (primary N) is 1. The molecule has 1 aliphatic rings. The van der Waals surface area contributed by atoms with E-state index >= 15 is 0 Å². The molecule has 2 atom stereocenters. The smallest absolute Gasteiger partial charge is 0.409 e. The molecule has 1 aromatic carbocycles. The third kappa shape index (κ3) is 4.76. The van der Waals surface area contributed by atoms with Crippen LogP contribution in [0.1, 0.15) is 27.2 Å². The minimum atomic E-state index is -0.368. The van der Waals surface area contributed by atoms with Crippen molar-refractivity contribution in [1.29, 1.82) is 0 Å². The zero-order valence-corrected chi connectivity index (χ0v) is 22.4. The highest BCUT2D eigenvalue weighted by molar-refractivity contribution is 7.28. The van der Waals surface area contributed by atoms with Gasteiger partial charge in [-0.15, -0.1) is 9.24 Å². The lowest BCUT2D eigenvalue weighted by molar-refractivity contribution is -0.0241. The lowest BCUT2D eigenvalue weighted by Gasteiger charge is -2.32. The molecule has 0 radical (unpaired) electrons. The molecule has 2 aromatic heterocycles. The normalized spacial score (nSPS) is 15.8. The quantitative estimate of drug-likeness (QED) is 0.241. The fourth-order valence-electron chi connectivity index (χ4n) is 4.62. The van der Waals surface area contributed by atoms with Gasteiger partial charge in [0.15, 0.2) is 0 Å². The van der Waals surface area contributed by atoms with E-state index in [1.807, 2.05) is 36.6 Å². The van der Waals surface area contributed by atoms with Crippen molar-refractivity contribution >= 4 is 32.2 Å². The number of hydrazine groups is 1. The van der Waals surface area contributed by atoms with Crippen molar-refractivity contribution in [3.63, 3.8) is 0 Å². The molecule has 1 aliphatic heterocycles. The SMILES string of the molecule is COC(=O)N1CCO[C@@H](Cc2c(-c3c(C)cc(C(=O)N(C)N)c(P)c3OC)nc3cc(C)ccn23)C1. The first kappa shape index (κ1) is 25.9. The van der Waals surface area contributed by atoms with Crippen molar-refractivity contribution in [3.8, 4) is 17.0 Å². The molecule has 11 heteroatoms. The molecule has 36 heavy (non-hydrogen) atoms. The Labute approximate surface area is 212 Å². The number of carbonyl (C=O) groups is 2. The number of aromatic nitrogens is 2. The van der Waals surface area contributed by atoms with Crippen LogP contribution in [0, 0.1) is 13.8 Å². The predicted octanol–water partition coefficient (Wildman–Crippen LogP) is 2.08. The molecule has 0 bridgehead atoms. The number of morpholine rings is 1. The van der Waals surface area contributed by atoms with Crippen LogP contribution >= 0.6 is 9.24 Å². The van der Waals surface area contributed by atoms with Gasteiger partial charge < -0.3 is 23.5 Å². The average molecular weight is 514 g/mol. The van der Waals surface area contributed by atoms with Crippen molar-refractivity contribution < 1.29 is 23.8 Å². The van der Waals surface area contributed by atoms with E-state index in [1.54, 1.807) is 18.1 Å². The Bertz CT molecular complexity index is 1320. The van der Waals surface area contributed by atoms with E-state index in [-0.39, 0.29) is 18.1 Å². The molecule has 2 N–H and O–H groups in total. The summed E-state index contributed by atoms with van der Waals surface area (Å²) < 4.78 is 18.8. The largest absolute Gasteiger partial charge is 0.495 e. The lowest BCUT2D eigenvalue weighted by atomic mass is 9.97. The summed E-state index contributed by atoms with van der Waals surface area (Å²) in [4.78, 5) is 31.5. The van der Waals surface area contributed by atoms with Gasteiger partial charge in [0.1, 0.15) is 11.4 Å². The number of pyridine rings is 1. The van der Waals surface area contributed by atoms with E-state index in [2.05, 4.69) is 9.24 Å². The topological polar surface area (TPSA) is 112 Å². The summed E-state index contributed by atoms with van der Waals surface area (Å²) in [6.45, 7) is 5.25. The second-order valence-electron chi connectivity index (χ2n) is 8.93. The highest BCUT2D eigenvalue weighted by Crippen LogP contribution is 2.37. The predicted molar refractivity (Wildman–Crippen MR) is 140 cm³/mol. The average Bonchev–Trinajstić information content (AvgIpc) is 3.20. The minimum Gasteiger partial charge on any atom is -0.495 e. The van der Waals surface area contributed by atoms with E-state index < -0.39 is 0 Å². The van der Waals surface area contributed by atoms with Gasteiger partial charge in [0.05, 0.1) is 50.4 Å². The first-order valence-electron chi connectivity index (χ1n) is 11.6. The number of imidazole rings is 1. The molecule has 0 spiro atoms. The highest BCUT2D eigenvalue weighted by Gasteiger charge is 2.30. The first-order valence-corrected chi connectivity index (χ1v) is 12.2. The van der Waals surface area contributed by atoms with E-state index in [9.17, 15) is 9.59 Å². The number of nitrogens with zero attached hydrogens (tertiary/aromatic N) is 4. The van der Waals surface area contributed by atoms with Gasteiger partial charge in [-0.3, -0.25) is 9.80 Å². The van der Waals surface area contributed by atoms with Gasteiger partial charge in [-0.05, 0) is 43.2 Å². The molecule has 2 amide bonds. The number of carbonyl (C=O) groups excluding carboxylic acids is 2. The molecule has 3 aromatic rings. The Kier molecular flexibility index (Phi) is 7.49. The van der Waals surface area contributed by atoms with Gasteiger partial charge in [0, 0.05) is 37.1 Å². The summed E-state index contributed by atoms with van der Waals surface area (Å²) in [5.74, 6) is 5.94. The van der Waals surface area contributed by atoms with Crippen molar-refractivity contribution in [2.75, 3.05) is 41.0 Å². The molecule has 1 saturated heterocycles. The van der Waals surface area contributed by atoms with Crippen LogP contribution in [0.4, 0.5) is 4.79 Å². The Morgan fingerprint density at radius 3 is 2.72 bits per heavy atom. The second-order valence-corrected chi connectivity index (χ2v) is 9.51. The van der Waals surface area contributed by atoms with Crippen LogP contribution in [0.5, 0.6) is 5.75 Å². The third-order valence-electron chi connectivity index (χ3n) is 6.38. The number of hydrogen-bond acceptors (Lipinski definition) is 7. The van der Waals surface area contributed by atoms with Crippen LogP contribution in [0.2, 0.25) is 0 Å². The van der Waals surface area contributed by atoms with Gasteiger partial charge in [-0.2, -0.15) is 0 Å². The molecule has 0 aliphatic carbocycles. The molecule has 1 unspecified atom stereocenters. The summed E-state index contributed by atoms with van der Waals surface area (Å²) in [5.41, 5.74) is 5.57. The first-order chi connectivity index (χ1) is 17.2. The molecule has 3 heterocycles. The molecule has 4 rings (SSSR count). The van der Waals surface area contributed by atoms with Gasteiger partial charge in [0.25, 0.3) is 5.91 Å². The van der Waals surface area contributed by atoms with Crippen molar-refractivity contribution in [2.45, 2.75) is 26.4 Å².